The molecule has 0 aliphatic heterocycles. The minimum Gasteiger partial charge on any atom is -0.489 e. The summed E-state index contributed by atoms with van der Waals surface area (Å²) in [6.45, 7) is 0.176. The smallest absolute Gasteiger partial charge is 0.335 e. The van der Waals surface area contributed by atoms with Gasteiger partial charge < -0.3 is 19.3 Å². The second-order valence-corrected chi connectivity index (χ2v) is 14.3. The summed E-state index contributed by atoms with van der Waals surface area (Å²) in [6, 6.07) is 25.2. The van der Waals surface area contributed by atoms with Gasteiger partial charge in [-0.3, -0.25) is 4.79 Å². The van der Waals surface area contributed by atoms with Crippen molar-refractivity contribution >= 4 is 32.7 Å². The fourth-order valence-electron chi connectivity index (χ4n) is 6.27. The van der Waals surface area contributed by atoms with Crippen molar-refractivity contribution in [1.29, 1.82) is 0 Å². The predicted molar refractivity (Wildman–Crippen MR) is 182 cm³/mol. The third-order valence-electron chi connectivity index (χ3n) is 8.73. The lowest BCUT2D eigenvalue weighted by molar-refractivity contribution is 0.0696. The van der Waals surface area contributed by atoms with Gasteiger partial charge >= 0.3 is 5.97 Å². The van der Waals surface area contributed by atoms with E-state index < -0.39 is 15.8 Å². The van der Waals surface area contributed by atoms with Gasteiger partial charge in [0.2, 0.25) is 0 Å². The number of nitrogens with zero attached hydrogens (tertiary/aromatic N) is 3. The monoisotopic (exact) mass is 651 g/mol. The number of aromatic carboxylic acids is 1. The number of amides is 1. The van der Waals surface area contributed by atoms with E-state index in [2.05, 4.69) is 4.57 Å². The number of carbonyl (C=O) groups is 2. The summed E-state index contributed by atoms with van der Waals surface area (Å²) in [4.78, 5) is 31.1. The van der Waals surface area contributed by atoms with Gasteiger partial charge in [-0.1, -0.05) is 37.5 Å². The van der Waals surface area contributed by atoms with E-state index in [0.29, 0.717) is 16.8 Å². The molecule has 47 heavy (non-hydrogen) atoms. The molecule has 0 saturated heterocycles. The van der Waals surface area contributed by atoms with Gasteiger partial charge in [0.05, 0.1) is 21.5 Å². The van der Waals surface area contributed by atoms with Crippen LogP contribution >= 0.6 is 0 Å². The summed E-state index contributed by atoms with van der Waals surface area (Å²) >= 11 is 0. The number of imidazole rings is 1. The summed E-state index contributed by atoms with van der Waals surface area (Å²) in [5.41, 5.74) is 5.65. The van der Waals surface area contributed by atoms with Crippen molar-refractivity contribution in [1.82, 2.24) is 14.5 Å². The van der Waals surface area contributed by atoms with E-state index in [9.17, 15) is 23.1 Å². The number of hydrogen-bond acceptors (Lipinski definition) is 6. The lowest BCUT2D eigenvalue weighted by Crippen LogP contribution is -2.21. The zero-order valence-electron chi connectivity index (χ0n) is 26.6. The lowest BCUT2D eigenvalue weighted by atomic mass is 9.95. The van der Waals surface area contributed by atoms with E-state index in [0.717, 1.165) is 59.3 Å². The van der Waals surface area contributed by atoms with Gasteiger partial charge in [-0.25, -0.2) is 18.2 Å². The second-order valence-electron chi connectivity index (χ2n) is 12.3. The van der Waals surface area contributed by atoms with Crippen LogP contribution in [0.5, 0.6) is 5.75 Å². The Kier molecular flexibility index (Phi) is 8.88. The van der Waals surface area contributed by atoms with E-state index in [1.54, 1.807) is 56.6 Å². The number of rotatable bonds is 9. The van der Waals surface area contributed by atoms with Crippen molar-refractivity contribution < 1.29 is 27.9 Å². The van der Waals surface area contributed by atoms with Crippen LogP contribution in [0.25, 0.3) is 33.5 Å². The molecule has 9 nitrogen and oxygen atoms in total. The third-order valence-corrected chi connectivity index (χ3v) is 9.86. The van der Waals surface area contributed by atoms with Crippen molar-refractivity contribution in [3.8, 4) is 28.3 Å². The Balaban J connectivity index is 1.30. The first kappa shape index (κ1) is 32.0. The van der Waals surface area contributed by atoms with Gasteiger partial charge in [0, 0.05) is 37.5 Å². The average Bonchev–Trinajstić information content (AvgIpc) is 3.46. The van der Waals surface area contributed by atoms with Crippen molar-refractivity contribution in [2.24, 2.45) is 0 Å². The van der Waals surface area contributed by atoms with Crippen LogP contribution in [0, 0.1) is 0 Å². The van der Waals surface area contributed by atoms with E-state index in [1.807, 2.05) is 42.5 Å². The minimum atomic E-state index is -3.34. The minimum absolute atomic E-state index is 0.133. The highest BCUT2D eigenvalue weighted by atomic mass is 32.2. The van der Waals surface area contributed by atoms with Gasteiger partial charge in [-0.2, -0.15) is 0 Å². The Morgan fingerprint density at radius 2 is 1.53 bits per heavy atom. The molecule has 0 radical (unpaired) electrons. The Labute approximate surface area is 274 Å². The van der Waals surface area contributed by atoms with E-state index in [1.165, 1.54) is 17.6 Å². The fourth-order valence-corrected chi connectivity index (χ4v) is 6.90. The fraction of sp³-hybridized carbons (Fsp3) is 0.270. The molecule has 1 heterocycles. The summed E-state index contributed by atoms with van der Waals surface area (Å²) in [5, 5.41) is 9.55. The summed E-state index contributed by atoms with van der Waals surface area (Å²) in [6.07, 6.45) is 6.79. The summed E-state index contributed by atoms with van der Waals surface area (Å²) in [5.74, 6) is 0.319. The van der Waals surface area contributed by atoms with Crippen LogP contribution < -0.4 is 4.74 Å². The van der Waals surface area contributed by atoms with Gasteiger partial charge in [-0.05, 0) is 96.3 Å². The highest BCUT2D eigenvalue weighted by molar-refractivity contribution is 7.90. The zero-order chi connectivity index (χ0) is 33.3. The third kappa shape index (κ3) is 6.78. The Hall–Kier alpha value is -4.96. The van der Waals surface area contributed by atoms with Crippen LogP contribution in [0.1, 0.15) is 64.4 Å². The van der Waals surface area contributed by atoms with Gasteiger partial charge in [0.1, 0.15) is 18.2 Å². The van der Waals surface area contributed by atoms with E-state index in [4.69, 9.17) is 9.72 Å². The normalized spacial score (nSPS) is 13.9. The maximum atomic E-state index is 12.8. The first-order chi connectivity index (χ1) is 22.5. The van der Waals surface area contributed by atoms with Crippen molar-refractivity contribution in [3.05, 3.63) is 102 Å². The van der Waals surface area contributed by atoms with Crippen LogP contribution in [0.3, 0.4) is 0 Å². The molecule has 1 fully saturated rings. The molecule has 0 atom stereocenters. The molecule has 10 heteroatoms. The number of carbonyl (C=O) groups excluding carboxylic acids is 1. The molecule has 0 spiro atoms. The summed E-state index contributed by atoms with van der Waals surface area (Å²) < 4.78 is 32.5. The number of carboxylic acids is 1. The molecule has 1 amide bonds. The van der Waals surface area contributed by atoms with E-state index >= 15 is 0 Å². The standard InChI is InChI=1S/C37H37N3O6S/c1-39(2)36(41)26-13-19-32(24-11-17-31(18-12-24)47(3,44)45)28(21-26)23-46-30-15-9-25(10-16-30)35-38-33-22-27(37(42)43)14-20-34(33)40(35)29-7-5-4-6-8-29/h9-22,29H,4-8,23H2,1-3H3,(H,42,43). The number of fused-ring (bicyclic) bond motifs is 1. The molecule has 5 aromatic rings. The molecule has 0 unspecified atom stereocenters. The Morgan fingerprint density at radius 1 is 0.872 bits per heavy atom. The van der Waals surface area contributed by atoms with Crippen LogP contribution in [-0.2, 0) is 16.4 Å². The van der Waals surface area contributed by atoms with E-state index in [-0.39, 0.29) is 29.0 Å². The largest absolute Gasteiger partial charge is 0.489 e. The SMILES string of the molecule is CN(C)C(=O)c1ccc(-c2ccc(S(C)(=O)=O)cc2)c(COc2ccc(-c3nc4cc(C(=O)O)ccc4n3C3CCCCC3)cc2)c1. The molecule has 1 saturated carbocycles. The van der Waals surface area contributed by atoms with Crippen LogP contribution in [0.15, 0.2) is 89.8 Å². The Bertz CT molecular complexity index is 2060. The van der Waals surface area contributed by atoms with Crippen molar-refractivity contribution in [2.75, 3.05) is 20.4 Å². The number of carboxylic acid groups (broad SMARTS) is 1. The maximum Gasteiger partial charge on any atom is 0.335 e. The first-order valence-corrected chi connectivity index (χ1v) is 17.5. The molecule has 4 aromatic carbocycles. The van der Waals surface area contributed by atoms with Crippen LogP contribution in [0.2, 0.25) is 0 Å². The van der Waals surface area contributed by atoms with Crippen molar-refractivity contribution in [3.63, 3.8) is 0 Å². The molecular formula is C37H37N3O6S. The molecule has 1 N–H and O–H groups in total. The highest BCUT2D eigenvalue weighted by Gasteiger charge is 2.23. The molecule has 0 bridgehead atoms. The zero-order valence-corrected chi connectivity index (χ0v) is 27.5. The number of sulfone groups is 1. The predicted octanol–water partition coefficient (Wildman–Crippen LogP) is 7.26. The quantitative estimate of drug-likeness (QED) is 0.178. The molecular weight excluding hydrogens is 614 g/mol. The van der Waals surface area contributed by atoms with Crippen LogP contribution in [0.4, 0.5) is 0 Å². The molecule has 1 aromatic heterocycles. The average molecular weight is 652 g/mol. The topological polar surface area (TPSA) is 119 Å². The number of ether oxygens (including phenoxy) is 1. The highest BCUT2D eigenvalue weighted by Crippen LogP contribution is 2.37. The number of hydrogen-bond donors (Lipinski definition) is 1. The summed E-state index contributed by atoms with van der Waals surface area (Å²) in [7, 11) is 0.0635. The second kappa shape index (κ2) is 13.0. The van der Waals surface area contributed by atoms with Crippen molar-refractivity contribution in [2.45, 2.75) is 49.6 Å². The van der Waals surface area contributed by atoms with Gasteiger partial charge in [0.25, 0.3) is 5.91 Å². The molecule has 1 aliphatic rings. The molecule has 1 aliphatic carbocycles. The maximum absolute atomic E-state index is 12.8. The molecule has 6 rings (SSSR count). The van der Waals surface area contributed by atoms with Gasteiger partial charge in [-0.15, -0.1) is 0 Å². The van der Waals surface area contributed by atoms with Crippen LogP contribution in [-0.4, -0.2) is 60.2 Å². The molecule has 242 valence electrons. The lowest BCUT2D eigenvalue weighted by Gasteiger charge is -2.25. The first-order valence-electron chi connectivity index (χ1n) is 15.6. The number of aromatic nitrogens is 2. The van der Waals surface area contributed by atoms with Gasteiger partial charge in [0.15, 0.2) is 9.84 Å². The Morgan fingerprint density at radius 3 is 2.17 bits per heavy atom. The number of benzene rings is 4.